The van der Waals surface area contributed by atoms with E-state index < -0.39 is 0 Å². The third-order valence-electron chi connectivity index (χ3n) is 2.01. The highest BCUT2D eigenvalue weighted by Crippen LogP contribution is 2.35. The Balaban J connectivity index is 2.19. The number of thioether (sulfide) groups is 2. The SMILES string of the molecule is C[C@H](C#N)SC1=Nc2ccccc2CS1. The monoisotopic (exact) mass is 234 g/mol. The lowest BCUT2D eigenvalue weighted by atomic mass is 10.2. The Morgan fingerprint density at radius 1 is 1.53 bits per heavy atom. The number of para-hydroxylation sites is 1. The zero-order valence-electron chi connectivity index (χ0n) is 8.30. The van der Waals surface area contributed by atoms with Gasteiger partial charge in [-0.1, -0.05) is 41.7 Å². The van der Waals surface area contributed by atoms with Gasteiger partial charge in [0.25, 0.3) is 0 Å². The number of fused-ring (bicyclic) bond motifs is 1. The smallest absolute Gasteiger partial charge is 0.132 e. The van der Waals surface area contributed by atoms with Gasteiger partial charge >= 0.3 is 0 Å². The minimum absolute atomic E-state index is 0.0264. The first kappa shape index (κ1) is 10.6. The van der Waals surface area contributed by atoms with Crippen molar-refractivity contribution in [1.82, 2.24) is 0 Å². The van der Waals surface area contributed by atoms with Crippen LogP contribution in [0.25, 0.3) is 0 Å². The van der Waals surface area contributed by atoms with E-state index in [9.17, 15) is 0 Å². The molecule has 0 N–H and O–H groups in total. The Hall–Kier alpha value is -0.920. The molecule has 0 radical (unpaired) electrons. The molecule has 0 spiro atoms. The molecule has 76 valence electrons. The predicted octanol–water partition coefficient (Wildman–Crippen LogP) is 3.57. The molecule has 0 saturated carbocycles. The van der Waals surface area contributed by atoms with Crippen molar-refractivity contribution in [2.45, 2.75) is 17.9 Å². The lowest BCUT2D eigenvalue weighted by molar-refractivity contribution is 1.25. The van der Waals surface area contributed by atoms with Gasteiger partial charge in [-0.15, -0.1) is 0 Å². The Kier molecular flexibility index (Phi) is 3.34. The van der Waals surface area contributed by atoms with Gasteiger partial charge in [-0.25, -0.2) is 4.99 Å². The van der Waals surface area contributed by atoms with Gasteiger partial charge in [-0.2, -0.15) is 5.26 Å². The summed E-state index contributed by atoms with van der Waals surface area (Å²) in [4.78, 5) is 4.52. The number of hydrogen-bond donors (Lipinski definition) is 0. The second-order valence-corrected chi connectivity index (χ2v) is 5.74. The lowest BCUT2D eigenvalue weighted by Gasteiger charge is -2.14. The molecule has 1 heterocycles. The van der Waals surface area contributed by atoms with E-state index in [0.717, 1.165) is 15.8 Å². The van der Waals surface area contributed by atoms with Gasteiger partial charge in [0.15, 0.2) is 0 Å². The number of nitrogens with zero attached hydrogens (tertiary/aromatic N) is 2. The van der Waals surface area contributed by atoms with Crippen LogP contribution in [0.2, 0.25) is 0 Å². The molecule has 15 heavy (non-hydrogen) atoms. The van der Waals surface area contributed by atoms with Crippen molar-refractivity contribution in [3.05, 3.63) is 29.8 Å². The van der Waals surface area contributed by atoms with Gasteiger partial charge in [0, 0.05) is 5.75 Å². The quantitative estimate of drug-likeness (QED) is 0.745. The molecule has 1 aromatic rings. The van der Waals surface area contributed by atoms with Gasteiger partial charge in [-0.3, -0.25) is 0 Å². The Morgan fingerprint density at radius 2 is 2.33 bits per heavy atom. The van der Waals surface area contributed by atoms with E-state index in [2.05, 4.69) is 17.1 Å². The zero-order chi connectivity index (χ0) is 10.7. The molecule has 4 heteroatoms. The molecule has 1 aromatic carbocycles. The molecule has 0 fully saturated rings. The number of nitriles is 1. The van der Waals surface area contributed by atoms with Crippen molar-refractivity contribution in [2.75, 3.05) is 0 Å². The standard InChI is InChI=1S/C11H10N2S2/c1-8(6-12)15-11-13-10-5-3-2-4-9(10)7-14-11/h2-5,8H,7H2,1H3/t8-/m1/s1. The number of rotatable bonds is 1. The first-order valence-corrected chi connectivity index (χ1v) is 6.52. The maximum atomic E-state index is 8.73. The van der Waals surface area contributed by atoms with Gasteiger partial charge in [0.05, 0.1) is 17.0 Å². The van der Waals surface area contributed by atoms with Crippen molar-refractivity contribution >= 4 is 33.6 Å². The van der Waals surface area contributed by atoms with E-state index in [0.29, 0.717) is 0 Å². The molecule has 0 aromatic heterocycles. The fourth-order valence-electron chi connectivity index (χ4n) is 1.25. The first-order valence-electron chi connectivity index (χ1n) is 4.65. The van der Waals surface area contributed by atoms with Crippen LogP contribution in [-0.4, -0.2) is 9.63 Å². The fraction of sp³-hybridized carbons (Fsp3) is 0.273. The summed E-state index contributed by atoms with van der Waals surface area (Å²) < 4.78 is 1.00. The molecule has 1 aliphatic rings. The summed E-state index contributed by atoms with van der Waals surface area (Å²) in [5.74, 6) is 0.958. The predicted molar refractivity (Wildman–Crippen MR) is 67.5 cm³/mol. The van der Waals surface area contributed by atoms with E-state index in [4.69, 9.17) is 5.26 Å². The number of aliphatic imine (C=N–C) groups is 1. The molecule has 0 amide bonds. The molecule has 2 nitrogen and oxygen atoms in total. The molecule has 2 rings (SSSR count). The summed E-state index contributed by atoms with van der Waals surface area (Å²) in [6, 6.07) is 10.4. The second kappa shape index (κ2) is 4.73. The average molecular weight is 234 g/mol. The summed E-state index contributed by atoms with van der Waals surface area (Å²) in [5, 5.41) is 8.70. The molecule has 0 bridgehead atoms. The van der Waals surface area contributed by atoms with Crippen LogP contribution in [0, 0.1) is 11.3 Å². The maximum absolute atomic E-state index is 8.73. The van der Waals surface area contributed by atoms with Gasteiger partial charge < -0.3 is 0 Å². The number of benzene rings is 1. The van der Waals surface area contributed by atoms with Crippen molar-refractivity contribution in [3.8, 4) is 6.07 Å². The van der Waals surface area contributed by atoms with Crippen LogP contribution < -0.4 is 0 Å². The van der Waals surface area contributed by atoms with Crippen LogP contribution in [0.1, 0.15) is 12.5 Å². The molecule has 1 aliphatic heterocycles. The van der Waals surface area contributed by atoms with Gasteiger partial charge in [-0.05, 0) is 18.6 Å². The zero-order valence-corrected chi connectivity index (χ0v) is 9.94. The van der Waals surface area contributed by atoms with E-state index >= 15 is 0 Å². The average Bonchev–Trinajstić information content (AvgIpc) is 2.29. The van der Waals surface area contributed by atoms with Crippen LogP contribution in [-0.2, 0) is 5.75 Å². The van der Waals surface area contributed by atoms with Gasteiger partial charge in [0.2, 0.25) is 0 Å². The fourth-order valence-corrected chi connectivity index (χ4v) is 3.32. The Morgan fingerprint density at radius 3 is 3.13 bits per heavy atom. The highest BCUT2D eigenvalue weighted by Gasteiger charge is 2.14. The summed E-state index contributed by atoms with van der Waals surface area (Å²) in [6.45, 7) is 1.90. The summed E-state index contributed by atoms with van der Waals surface area (Å²) in [7, 11) is 0. The van der Waals surface area contributed by atoms with Crippen molar-refractivity contribution in [2.24, 2.45) is 4.99 Å². The first-order chi connectivity index (χ1) is 7.29. The largest absolute Gasteiger partial charge is 0.235 e. The van der Waals surface area contributed by atoms with Crippen LogP contribution in [0.3, 0.4) is 0 Å². The van der Waals surface area contributed by atoms with Crippen LogP contribution >= 0.6 is 23.5 Å². The van der Waals surface area contributed by atoms with Crippen molar-refractivity contribution < 1.29 is 0 Å². The minimum atomic E-state index is -0.0264. The molecular weight excluding hydrogens is 224 g/mol. The Labute approximate surface area is 97.8 Å². The van der Waals surface area contributed by atoms with Crippen molar-refractivity contribution in [1.29, 1.82) is 5.26 Å². The summed E-state index contributed by atoms with van der Waals surface area (Å²) in [6.07, 6.45) is 0. The number of hydrogen-bond acceptors (Lipinski definition) is 4. The highest BCUT2D eigenvalue weighted by atomic mass is 32.2. The van der Waals surface area contributed by atoms with Crippen molar-refractivity contribution in [3.63, 3.8) is 0 Å². The molecule has 1 atom stereocenters. The molecule has 0 unspecified atom stereocenters. The highest BCUT2D eigenvalue weighted by molar-refractivity contribution is 8.38. The third-order valence-corrected chi connectivity index (χ3v) is 4.20. The van der Waals surface area contributed by atoms with E-state index in [1.165, 1.54) is 17.3 Å². The molecule has 0 aliphatic carbocycles. The molecular formula is C11H10N2S2. The second-order valence-electron chi connectivity index (χ2n) is 3.18. The lowest BCUT2D eigenvalue weighted by Crippen LogP contribution is -2.00. The van der Waals surface area contributed by atoms with Crippen LogP contribution in [0.5, 0.6) is 0 Å². The summed E-state index contributed by atoms with van der Waals surface area (Å²) >= 11 is 3.25. The maximum Gasteiger partial charge on any atom is 0.132 e. The van der Waals surface area contributed by atoms with Crippen LogP contribution in [0.15, 0.2) is 29.3 Å². The van der Waals surface area contributed by atoms with Crippen LogP contribution in [0.4, 0.5) is 5.69 Å². The third kappa shape index (κ3) is 2.55. The summed E-state index contributed by atoms with van der Waals surface area (Å²) in [5.41, 5.74) is 2.32. The van der Waals surface area contributed by atoms with E-state index in [-0.39, 0.29) is 5.25 Å². The van der Waals surface area contributed by atoms with Gasteiger partial charge in [0.1, 0.15) is 4.38 Å². The molecule has 0 saturated heterocycles. The minimum Gasteiger partial charge on any atom is -0.235 e. The normalized spacial score (nSPS) is 16.1. The Bertz CT molecular complexity index is 434. The van der Waals surface area contributed by atoms with E-state index in [1.807, 2.05) is 25.1 Å². The topological polar surface area (TPSA) is 36.1 Å². The van der Waals surface area contributed by atoms with E-state index in [1.54, 1.807) is 11.8 Å².